The van der Waals surface area contributed by atoms with Gasteiger partial charge in [0.05, 0.1) is 10.5 Å². The largest absolute Gasteiger partial charge is 0.241 e. The molecule has 0 aliphatic rings. The van der Waals surface area contributed by atoms with Crippen LogP contribution in [0.4, 0.5) is 0 Å². The highest BCUT2D eigenvalue weighted by molar-refractivity contribution is 7.99. The molecule has 0 bridgehead atoms. The van der Waals surface area contributed by atoms with Crippen molar-refractivity contribution < 1.29 is 0 Å². The average Bonchev–Trinajstić information content (AvgIpc) is 2.26. The number of hydrogen-bond acceptors (Lipinski definition) is 2. The third kappa shape index (κ3) is 1.96. The lowest BCUT2D eigenvalue weighted by atomic mass is 10.2. The van der Waals surface area contributed by atoms with E-state index in [0.29, 0.717) is 0 Å². The van der Waals surface area contributed by atoms with E-state index < -0.39 is 0 Å². The highest BCUT2D eigenvalue weighted by atomic mass is 32.2. The monoisotopic (exact) mass is 201 g/mol. The minimum absolute atomic E-state index is 0.908. The van der Waals surface area contributed by atoms with Gasteiger partial charge in [-0.05, 0) is 12.1 Å². The van der Waals surface area contributed by atoms with E-state index in [2.05, 4.69) is 29.8 Å². The van der Waals surface area contributed by atoms with E-state index in [4.69, 9.17) is 0 Å². The standard InChI is InChI=1S/C12H11NS/c1-2-9-14-12-8-7-10-5-3-4-6-11(10)13-12/h2-8H,1,9H2. The molecule has 0 saturated heterocycles. The van der Waals surface area contributed by atoms with Gasteiger partial charge in [0.25, 0.3) is 0 Å². The van der Waals surface area contributed by atoms with Crippen LogP contribution in [0.5, 0.6) is 0 Å². The summed E-state index contributed by atoms with van der Waals surface area (Å²) in [6.45, 7) is 3.69. The molecule has 2 rings (SSSR count). The van der Waals surface area contributed by atoms with Crippen LogP contribution < -0.4 is 0 Å². The van der Waals surface area contributed by atoms with E-state index in [-0.39, 0.29) is 0 Å². The highest BCUT2D eigenvalue weighted by Gasteiger charge is 1.96. The summed E-state index contributed by atoms with van der Waals surface area (Å²) in [6.07, 6.45) is 1.89. The molecule has 70 valence electrons. The molecule has 1 heterocycles. The first kappa shape index (κ1) is 9.28. The van der Waals surface area contributed by atoms with Crippen molar-refractivity contribution in [3.63, 3.8) is 0 Å². The van der Waals surface area contributed by atoms with Gasteiger partial charge in [0.15, 0.2) is 0 Å². The highest BCUT2D eigenvalue weighted by Crippen LogP contribution is 2.19. The van der Waals surface area contributed by atoms with Crippen LogP contribution in [0.15, 0.2) is 54.1 Å². The summed E-state index contributed by atoms with van der Waals surface area (Å²) in [5.41, 5.74) is 1.06. The van der Waals surface area contributed by atoms with Crippen LogP contribution in [-0.4, -0.2) is 10.7 Å². The van der Waals surface area contributed by atoms with Crippen LogP contribution in [0.2, 0.25) is 0 Å². The number of hydrogen-bond donors (Lipinski definition) is 0. The Hall–Kier alpha value is -1.28. The van der Waals surface area contributed by atoms with Crippen molar-refractivity contribution in [3.05, 3.63) is 49.1 Å². The topological polar surface area (TPSA) is 12.9 Å². The van der Waals surface area contributed by atoms with Gasteiger partial charge in [0.2, 0.25) is 0 Å². The Morgan fingerprint density at radius 2 is 2.07 bits per heavy atom. The number of aromatic nitrogens is 1. The zero-order chi connectivity index (χ0) is 9.80. The van der Waals surface area contributed by atoms with Crippen molar-refractivity contribution in [1.29, 1.82) is 0 Å². The minimum atomic E-state index is 0.908. The molecule has 1 nitrogen and oxygen atoms in total. The van der Waals surface area contributed by atoms with E-state index in [9.17, 15) is 0 Å². The molecule has 0 aliphatic carbocycles. The predicted molar refractivity (Wildman–Crippen MR) is 62.7 cm³/mol. The Bertz CT molecular complexity index is 451. The molecule has 2 aromatic rings. The second-order valence-electron chi connectivity index (χ2n) is 2.94. The summed E-state index contributed by atoms with van der Waals surface area (Å²) in [7, 11) is 0. The van der Waals surface area contributed by atoms with Crippen molar-refractivity contribution in [2.24, 2.45) is 0 Å². The van der Waals surface area contributed by atoms with Crippen molar-refractivity contribution in [3.8, 4) is 0 Å². The fraction of sp³-hybridized carbons (Fsp3) is 0.0833. The second-order valence-corrected chi connectivity index (χ2v) is 3.98. The Morgan fingerprint density at radius 3 is 2.93 bits per heavy atom. The molecule has 0 aliphatic heterocycles. The molecule has 2 heteroatoms. The lowest BCUT2D eigenvalue weighted by molar-refractivity contribution is 1.19. The smallest absolute Gasteiger partial charge is 0.0970 e. The Labute approximate surface area is 87.9 Å². The summed E-state index contributed by atoms with van der Waals surface area (Å²) >= 11 is 1.71. The molecule has 0 unspecified atom stereocenters. The van der Waals surface area contributed by atoms with Crippen molar-refractivity contribution in [2.45, 2.75) is 5.03 Å². The molecule has 0 N–H and O–H groups in total. The number of benzene rings is 1. The number of fused-ring (bicyclic) bond motifs is 1. The maximum absolute atomic E-state index is 4.53. The van der Waals surface area contributed by atoms with Gasteiger partial charge < -0.3 is 0 Å². The number of para-hydroxylation sites is 1. The van der Waals surface area contributed by atoms with Crippen LogP contribution >= 0.6 is 11.8 Å². The summed E-state index contributed by atoms with van der Waals surface area (Å²) in [6, 6.07) is 12.3. The molecular weight excluding hydrogens is 190 g/mol. The van der Waals surface area contributed by atoms with E-state index >= 15 is 0 Å². The van der Waals surface area contributed by atoms with Gasteiger partial charge in [-0.3, -0.25) is 0 Å². The van der Waals surface area contributed by atoms with Crippen molar-refractivity contribution in [2.75, 3.05) is 5.75 Å². The predicted octanol–water partition coefficient (Wildman–Crippen LogP) is 3.51. The third-order valence-corrected chi connectivity index (χ3v) is 2.85. The molecule has 0 fully saturated rings. The van der Waals surface area contributed by atoms with E-state index in [0.717, 1.165) is 16.3 Å². The molecule has 0 saturated carbocycles. The molecule has 0 atom stereocenters. The second kappa shape index (κ2) is 4.29. The number of pyridine rings is 1. The molecule has 1 aromatic heterocycles. The lowest BCUT2D eigenvalue weighted by Crippen LogP contribution is -1.82. The molecule has 0 radical (unpaired) electrons. The van der Waals surface area contributed by atoms with Gasteiger partial charge in [-0.15, -0.1) is 18.3 Å². The van der Waals surface area contributed by atoms with Crippen LogP contribution in [0.1, 0.15) is 0 Å². The summed E-state index contributed by atoms with van der Waals surface area (Å²) in [4.78, 5) is 4.53. The lowest BCUT2D eigenvalue weighted by Gasteiger charge is -2.00. The fourth-order valence-corrected chi connectivity index (χ4v) is 1.89. The Morgan fingerprint density at radius 1 is 1.21 bits per heavy atom. The van der Waals surface area contributed by atoms with Gasteiger partial charge >= 0.3 is 0 Å². The molecular formula is C12H11NS. The van der Waals surface area contributed by atoms with Crippen LogP contribution in [0.25, 0.3) is 10.9 Å². The Balaban J connectivity index is 2.36. The van der Waals surface area contributed by atoms with Gasteiger partial charge in [0.1, 0.15) is 0 Å². The van der Waals surface area contributed by atoms with E-state index in [1.807, 2.05) is 24.3 Å². The van der Waals surface area contributed by atoms with Crippen molar-refractivity contribution >= 4 is 22.7 Å². The molecule has 0 spiro atoms. The quantitative estimate of drug-likeness (QED) is 0.556. The zero-order valence-corrected chi connectivity index (χ0v) is 8.63. The fourth-order valence-electron chi connectivity index (χ4n) is 1.27. The normalized spacial score (nSPS) is 10.3. The summed E-state index contributed by atoms with van der Waals surface area (Å²) in [5, 5.41) is 2.25. The number of thioether (sulfide) groups is 1. The first-order valence-electron chi connectivity index (χ1n) is 4.49. The zero-order valence-electron chi connectivity index (χ0n) is 7.81. The number of rotatable bonds is 3. The first-order valence-corrected chi connectivity index (χ1v) is 5.48. The number of nitrogens with zero attached hydrogens (tertiary/aromatic N) is 1. The maximum Gasteiger partial charge on any atom is 0.0970 e. The van der Waals surface area contributed by atoms with E-state index in [1.54, 1.807) is 11.8 Å². The average molecular weight is 201 g/mol. The molecule has 1 aromatic carbocycles. The van der Waals surface area contributed by atoms with Gasteiger partial charge in [-0.2, -0.15) is 0 Å². The van der Waals surface area contributed by atoms with Crippen LogP contribution in [0, 0.1) is 0 Å². The first-order chi connectivity index (χ1) is 6.90. The SMILES string of the molecule is C=CCSc1ccc2ccccc2n1. The third-order valence-electron chi connectivity index (χ3n) is 1.92. The summed E-state index contributed by atoms with van der Waals surface area (Å²) in [5.74, 6) is 0.908. The maximum atomic E-state index is 4.53. The van der Waals surface area contributed by atoms with Crippen LogP contribution in [-0.2, 0) is 0 Å². The summed E-state index contributed by atoms with van der Waals surface area (Å²) < 4.78 is 0. The van der Waals surface area contributed by atoms with Gasteiger partial charge in [-0.1, -0.05) is 30.3 Å². The Kier molecular flexibility index (Phi) is 2.84. The van der Waals surface area contributed by atoms with Gasteiger partial charge in [0, 0.05) is 11.1 Å². The minimum Gasteiger partial charge on any atom is -0.241 e. The van der Waals surface area contributed by atoms with Crippen molar-refractivity contribution in [1.82, 2.24) is 4.98 Å². The molecule has 0 amide bonds. The van der Waals surface area contributed by atoms with Crippen LogP contribution in [0.3, 0.4) is 0 Å². The van der Waals surface area contributed by atoms with Gasteiger partial charge in [-0.25, -0.2) is 4.98 Å². The molecule has 14 heavy (non-hydrogen) atoms. The van der Waals surface area contributed by atoms with E-state index in [1.165, 1.54) is 5.39 Å².